The number of carbonyl (C=O) groups is 1. The first kappa shape index (κ1) is 28.9. The lowest BCUT2D eigenvalue weighted by Gasteiger charge is -2.19. The fourth-order valence-electron chi connectivity index (χ4n) is 4.01. The van der Waals surface area contributed by atoms with E-state index in [0.717, 1.165) is 17.5 Å². The summed E-state index contributed by atoms with van der Waals surface area (Å²) in [5, 5.41) is 21.1. The fraction of sp³-hybridized carbons (Fsp3) is 0.379. The van der Waals surface area contributed by atoms with E-state index in [0.29, 0.717) is 67.8 Å². The number of hydrogen-bond donors (Lipinski definition) is 3. The second kappa shape index (κ2) is 15.6. The van der Waals surface area contributed by atoms with Crippen molar-refractivity contribution in [3.8, 4) is 28.6 Å². The van der Waals surface area contributed by atoms with Crippen molar-refractivity contribution in [1.29, 1.82) is 0 Å². The minimum atomic E-state index is -0.162. The Morgan fingerprint density at radius 2 is 1.68 bits per heavy atom. The zero-order valence-corrected chi connectivity index (χ0v) is 22.1. The largest absolute Gasteiger partial charge is 0.493 e. The van der Waals surface area contributed by atoms with E-state index in [1.807, 2.05) is 59.5 Å². The summed E-state index contributed by atoms with van der Waals surface area (Å²) in [4.78, 5) is 19.3. The zero-order valence-electron chi connectivity index (χ0n) is 22.1. The molecule has 0 spiro atoms. The second-order valence-electron chi connectivity index (χ2n) is 8.63. The van der Waals surface area contributed by atoms with Gasteiger partial charge in [0.15, 0.2) is 11.5 Å². The number of hydrogen-bond acceptors (Lipinski definition) is 8. The number of carbonyl (C=O) groups excluding carboxylic acids is 1. The molecule has 0 saturated heterocycles. The van der Waals surface area contributed by atoms with Gasteiger partial charge in [-0.1, -0.05) is 24.3 Å². The maximum Gasteiger partial charge on any atom is 0.251 e. The van der Waals surface area contributed by atoms with E-state index in [9.17, 15) is 4.79 Å². The lowest BCUT2D eigenvalue weighted by Crippen LogP contribution is -2.33. The Labute approximate surface area is 224 Å². The SMILES string of the molecule is COc1ccc(CCOc2cccc(-c3cccc(C(=O)NCCCN(CCO)CCO)c3)n2)cc1OC. The summed E-state index contributed by atoms with van der Waals surface area (Å²) in [6.07, 6.45) is 1.40. The predicted molar refractivity (Wildman–Crippen MR) is 146 cm³/mol. The first-order chi connectivity index (χ1) is 18.6. The Bertz CT molecular complexity index is 1150. The molecule has 2 aromatic carbocycles. The smallest absolute Gasteiger partial charge is 0.251 e. The third-order valence-electron chi connectivity index (χ3n) is 6.00. The van der Waals surface area contributed by atoms with Crippen LogP contribution in [0.15, 0.2) is 60.7 Å². The van der Waals surface area contributed by atoms with Crippen molar-refractivity contribution in [2.24, 2.45) is 0 Å². The number of rotatable bonds is 16. The molecule has 3 rings (SSSR count). The highest BCUT2D eigenvalue weighted by atomic mass is 16.5. The van der Waals surface area contributed by atoms with E-state index in [4.69, 9.17) is 24.4 Å². The van der Waals surface area contributed by atoms with Crippen molar-refractivity contribution in [3.63, 3.8) is 0 Å². The Morgan fingerprint density at radius 3 is 2.42 bits per heavy atom. The van der Waals surface area contributed by atoms with Gasteiger partial charge in [0, 0.05) is 43.2 Å². The highest BCUT2D eigenvalue weighted by Crippen LogP contribution is 2.28. The van der Waals surface area contributed by atoms with Gasteiger partial charge in [-0.2, -0.15) is 0 Å². The molecule has 38 heavy (non-hydrogen) atoms. The molecule has 1 aromatic heterocycles. The normalized spacial score (nSPS) is 10.9. The van der Waals surface area contributed by atoms with Gasteiger partial charge < -0.3 is 29.7 Å². The molecule has 9 nitrogen and oxygen atoms in total. The number of pyridine rings is 1. The maximum atomic E-state index is 12.7. The summed E-state index contributed by atoms with van der Waals surface area (Å²) >= 11 is 0. The molecule has 0 saturated carbocycles. The van der Waals surface area contributed by atoms with Crippen LogP contribution in [0.3, 0.4) is 0 Å². The fourth-order valence-corrected chi connectivity index (χ4v) is 4.01. The van der Waals surface area contributed by atoms with E-state index in [1.54, 1.807) is 20.3 Å². The van der Waals surface area contributed by atoms with E-state index < -0.39 is 0 Å². The van der Waals surface area contributed by atoms with Gasteiger partial charge in [-0.25, -0.2) is 4.98 Å². The van der Waals surface area contributed by atoms with Crippen LogP contribution in [-0.4, -0.2) is 86.2 Å². The highest BCUT2D eigenvalue weighted by molar-refractivity contribution is 5.95. The van der Waals surface area contributed by atoms with Crippen LogP contribution in [0.4, 0.5) is 0 Å². The number of methoxy groups -OCH3 is 2. The zero-order chi connectivity index (χ0) is 27.2. The quantitative estimate of drug-likeness (QED) is 0.246. The van der Waals surface area contributed by atoms with Gasteiger partial charge in [0.1, 0.15) is 0 Å². The number of aliphatic hydroxyl groups is 2. The van der Waals surface area contributed by atoms with Crippen molar-refractivity contribution < 1.29 is 29.2 Å². The number of benzene rings is 2. The Kier molecular flexibility index (Phi) is 11.8. The average Bonchev–Trinajstić information content (AvgIpc) is 2.95. The van der Waals surface area contributed by atoms with Gasteiger partial charge in [-0.3, -0.25) is 9.69 Å². The summed E-state index contributed by atoms with van der Waals surface area (Å²) in [5.41, 5.74) is 3.14. The molecular formula is C29H37N3O6. The van der Waals surface area contributed by atoms with Crippen molar-refractivity contribution >= 4 is 5.91 Å². The molecule has 0 fully saturated rings. The first-order valence-electron chi connectivity index (χ1n) is 12.7. The predicted octanol–water partition coefficient (Wildman–Crippen LogP) is 2.79. The Morgan fingerprint density at radius 1 is 0.921 bits per heavy atom. The van der Waals surface area contributed by atoms with Crippen molar-refractivity contribution in [2.75, 3.05) is 60.2 Å². The van der Waals surface area contributed by atoms with Crippen LogP contribution in [0, 0.1) is 0 Å². The summed E-state index contributed by atoms with van der Waals surface area (Å²) in [7, 11) is 3.22. The molecule has 9 heteroatoms. The van der Waals surface area contributed by atoms with E-state index >= 15 is 0 Å². The average molecular weight is 524 g/mol. The molecule has 3 N–H and O–H groups in total. The standard InChI is InChI=1S/C29H37N3O6/c1-36-26-11-10-22(20-27(26)37-2)12-19-38-28-9-4-8-25(31-28)23-6-3-7-24(21-23)29(35)30-13-5-14-32(15-17-33)16-18-34/h3-4,6-11,20-21,33-34H,5,12-19H2,1-2H3,(H,30,35). The van der Waals surface area contributed by atoms with Crippen molar-refractivity contribution in [1.82, 2.24) is 15.2 Å². The molecule has 0 aliphatic rings. The van der Waals surface area contributed by atoms with E-state index in [-0.39, 0.29) is 19.1 Å². The summed E-state index contributed by atoms with van der Waals surface area (Å²) in [5.74, 6) is 1.71. The molecular weight excluding hydrogens is 486 g/mol. The van der Waals surface area contributed by atoms with Crippen LogP contribution in [0.25, 0.3) is 11.3 Å². The molecule has 1 heterocycles. The van der Waals surface area contributed by atoms with Crippen LogP contribution in [0.1, 0.15) is 22.3 Å². The number of aromatic nitrogens is 1. The van der Waals surface area contributed by atoms with Gasteiger partial charge in [-0.15, -0.1) is 0 Å². The topological polar surface area (TPSA) is 113 Å². The minimum Gasteiger partial charge on any atom is -0.493 e. The molecule has 0 unspecified atom stereocenters. The number of aliphatic hydroxyl groups excluding tert-OH is 2. The van der Waals surface area contributed by atoms with Crippen LogP contribution >= 0.6 is 0 Å². The van der Waals surface area contributed by atoms with Gasteiger partial charge in [0.25, 0.3) is 5.91 Å². The lowest BCUT2D eigenvalue weighted by molar-refractivity contribution is 0.0949. The third kappa shape index (κ3) is 8.72. The molecule has 0 radical (unpaired) electrons. The molecule has 0 atom stereocenters. The van der Waals surface area contributed by atoms with Gasteiger partial charge in [0.05, 0.1) is 39.7 Å². The van der Waals surface area contributed by atoms with Crippen LogP contribution in [0.5, 0.6) is 17.4 Å². The number of nitrogens with one attached hydrogen (secondary N) is 1. The Balaban J connectivity index is 1.54. The molecule has 0 aliphatic carbocycles. The Hall–Kier alpha value is -3.66. The van der Waals surface area contributed by atoms with Crippen molar-refractivity contribution in [2.45, 2.75) is 12.8 Å². The van der Waals surface area contributed by atoms with Gasteiger partial charge in [-0.05, 0) is 48.9 Å². The summed E-state index contributed by atoms with van der Waals surface area (Å²) in [6.45, 7) is 2.71. The number of ether oxygens (including phenoxy) is 3. The molecule has 3 aromatic rings. The van der Waals surface area contributed by atoms with Crippen LogP contribution in [0.2, 0.25) is 0 Å². The van der Waals surface area contributed by atoms with Crippen molar-refractivity contribution in [3.05, 3.63) is 71.8 Å². The second-order valence-corrected chi connectivity index (χ2v) is 8.63. The van der Waals surface area contributed by atoms with E-state index in [1.165, 1.54) is 0 Å². The highest BCUT2D eigenvalue weighted by Gasteiger charge is 2.10. The van der Waals surface area contributed by atoms with E-state index in [2.05, 4.69) is 10.3 Å². The monoisotopic (exact) mass is 523 g/mol. The third-order valence-corrected chi connectivity index (χ3v) is 6.00. The molecule has 0 bridgehead atoms. The van der Waals surface area contributed by atoms with Gasteiger partial charge in [0.2, 0.25) is 5.88 Å². The first-order valence-corrected chi connectivity index (χ1v) is 12.7. The summed E-state index contributed by atoms with van der Waals surface area (Å²) < 4.78 is 16.5. The number of nitrogens with zero attached hydrogens (tertiary/aromatic N) is 2. The lowest BCUT2D eigenvalue weighted by atomic mass is 10.1. The molecule has 1 amide bonds. The number of amides is 1. The summed E-state index contributed by atoms with van der Waals surface area (Å²) in [6, 6.07) is 18.7. The molecule has 0 aliphatic heterocycles. The van der Waals surface area contributed by atoms with Gasteiger partial charge >= 0.3 is 0 Å². The minimum absolute atomic E-state index is 0.0390. The maximum absolute atomic E-state index is 12.7. The van der Waals surface area contributed by atoms with Crippen LogP contribution in [-0.2, 0) is 6.42 Å². The molecule has 204 valence electrons. The van der Waals surface area contributed by atoms with Crippen LogP contribution < -0.4 is 19.5 Å².